The van der Waals surface area contributed by atoms with Gasteiger partial charge in [0.25, 0.3) is 5.91 Å². The molecule has 174 valence electrons. The van der Waals surface area contributed by atoms with E-state index in [1.807, 2.05) is 38.1 Å². The van der Waals surface area contributed by atoms with Crippen molar-refractivity contribution in [3.8, 4) is 0 Å². The molecular weight excluding hydrogens is 560 g/mol. The molecule has 1 heterocycles. The van der Waals surface area contributed by atoms with Crippen LogP contribution in [0.15, 0.2) is 57.5 Å². The molecule has 2 saturated carbocycles. The monoisotopic (exact) mass is 582 g/mol. The van der Waals surface area contributed by atoms with E-state index in [0.717, 1.165) is 26.5 Å². The molecule has 1 saturated heterocycles. The molecule has 0 spiro atoms. The fourth-order valence-electron chi connectivity index (χ4n) is 6.36. The van der Waals surface area contributed by atoms with E-state index in [1.54, 1.807) is 17.0 Å². The lowest BCUT2D eigenvalue weighted by Gasteiger charge is -2.37. The van der Waals surface area contributed by atoms with Crippen molar-refractivity contribution >= 4 is 55.3 Å². The molecule has 0 radical (unpaired) electrons. The number of carbonyl (C=O) groups is 3. The van der Waals surface area contributed by atoms with Crippen LogP contribution in [0.5, 0.6) is 0 Å². The lowest BCUT2D eigenvalue weighted by molar-refractivity contribution is -0.140. The minimum Gasteiger partial charge on any atom is -0.289 e. The third kappa shape index (κ3) is 3.19. The molecule has 0 aromatic heterocycles. The van der Waals surface area contributed by atoms with Crippen LogP contribution in [-0.2, 0) is 9.59 Å². The molecule has 5 nitrogen and oxygen atoms in total. The van der Waals surface area contributed by atoms with Crippen molar-refractivity contribution in [3.05, 3.63) is 74.2 Å². The van der Waals surface area contributed by atoms with Crippen molar-refractivity contribution in [2.45, 2.75) is 20.3 Å². The molecule has 7 rings (SSSR count). The van der Waals surface area contributed by atoms with Crippen LogP contribution in [0.4, 0.5) is 5.69 Å². The van der Waals surface area contributed by atoms with Crippen LogP contribution < -0.4 is 4.90 Å². The molecule has 1 aliphatic heterocycles. The van der Waals surface area contributed by atoms with Gasteiger partial charge in [0.15, 0.2) is 0 Å². The van der Waals surface area contributed by atoms with Gasteiger partial charge in [-0.05, 0) is 91.5 Å². The van der Waals surface area contributed by atoms with Gasteiger partial charge in [0.1, 0.15) is 6.67 Å². The number of likely N-dealkylation sites (tertiary alicyclic amines) is 1. The highest BCUT2D eigenvalue weighted by Gasteiger charge is 2.67. The summed E-state index contributed by atoms with van der Waals surface area (Å²) in [6.07, 6.45) is 5.46. The Hall–Kier alpha value is -2.25. The lowest BCUT2D eigenvalue weighted by atomic mass is 9.63. The maximum absolute atomic E-state index is 13.8. The van der Waals surface area contributed by atoms with Gasteiger partial charge < -0.3 is 0 Å². The normalized spacial score (nSPS) is 30.4. The van der Waals surface area contributed by atoms with Crippen LogP contribution in [0, 0.1) is 49.4 Å². The Morgan fingerprint density at radius 2 is 1.50 bits per heavy atom. The molecule has 34 heavy (non-hydrogen) atoms. The first-order valence-corrected chi connectivity index (χ1v) is 13.2. The summed E-state index contributed by atoms with van der Waals surface area (Å²) in [5.74, 6) is 0.376. The van der Waals surface area contributed by atoms with Crippen LogP contribution in [0.2, 0.25) is 0 Å². The summed E-state index contributed by atoms with van der Waals surface area (Å²) in [4.78, 5) is 43.9. The average molecular weight is 584 g/mol. The number of carbonyl (C=O) groups excluding carboxylic acids is 3. The van der Waals surface area contributed by atoms with Crippen molar-refractivity contribution in [1.82, 2.24) is 4.90 Å². The summed E-state index contributed by atoms with van der Waals surface area (Å²) in [5.41, 5.74) is 3.15. The van der Waals surface area contributed by atoms with Gasteiger partial charge in [0, 0.05) is 20.2 Å². The number of benzene rings is 2. The van der Waals surface area contributed by atoms with E-state index in [0.29, 0.717) is 23.1 Å². The van der Waals surface area contributed by atoms with Crippen LogP contribution in [0.1, 0.15) is 27.9 Å². The molecule has 2 aromatic carbocycles. The van der Waals surface area contributed by atoms with Crippen molar-refractivity contribution in [3.63, 3.8) is 0 Å². The van der Waals surface area contributed by atoms with E-state index >= 15 is 0 Å². The second-order valence-electron chi connectivity index (χ2n) is 9.96. The standard InChI is InChI=1S/C27H24Br2N2O3/c1-13-14(2)22(10-9-21(13)29)30(25(32)15-3-5-16(28)6-4-15)12-31-26(33)23-17-7-8-18(20-11-19(17)20)24(23)27(31)34/h3-10,17-20,23-24H,11-12H2,1-2H3. The topological polar surface area (TPSA) is 57.7 Å². The van der Waals surface area contributed by atoms with E-state index in [1.165, 1.54) is 4.90 Å². The number of rotatable bonds is 4. The maximum Gasteiger partial charge on any atom is 0.259 e. The molecule has 0 N–H and O–H groups in total. The van der Waals surface area contributed by atoms with Crippen molar-refractivity contribution in [2.24, 2.45) is 35.5 Å². The largest absolute Gasteiger partial charge is 0.289 e. The molecule has 3 amide bonds. The number of hydrogen-bond donors (Lipinski definition) is 0. The second-order valence-corrected chi connectivity index (χ2v) is 11.7. The van der Waals surface area contributed by atoms with Gasteiger partial charge in [-0.1, -0.05) is 44.0 Å². The number of anilines is 1. The van der Waals surface area contributed by atoms with Crippen molar-refractivity contribution in [1.29, 1.82) is 0 Å². The van der Waals surface area contributed by atoms with Gasteiger partial charge in [-0.15, -0.1) is 0 Å². The van der Waals surface area contributed by atoms with Crippen molar-refractivity contribution in [2.75, 3.05) is 11.6 Å². The van der Waals surface area contributed by atoms with Crippen molar-refractivity contribution < 1.29 is 14.4 Å². The number of amides is 3. The first kappa shape index (κ1) is 22.2. The molecule has 2 bridgehead atoms. The number of nitrogens with zero attached hydrogens (tertiary/aromatic N) is 2. The number of imide groups is 1. The Bertz CT molecular complexity index is 1240. The number of allylic oxidation sites excluding steroid dienone is 2. The fraction of sp³-hybridized carbons (Fsp3) is 0.370. The van der Waals surface area contributed by atoms with E-state index in [9.17, 15) is 14.4 Å². The van der Waals surface area contributed by atoms with Crippen LogP contribution in [-0.4, -0.2) is 29.3 Å². The van der Waals surface area contributed by atoms with E-state index in [4.69, 9.17) is 0 Å². The smallest absolute Gasteiger partial charge is 0.259 e. The molecule has 6 atom stereocenters. The summed E-state index contributed by atoms with van der Waals surface area (Å²) in [6.45, 7) is 3.88. The second kappa shape index (κ2) is 7.89. The first-order valence-electron chi connectivity index (χ1n) is 11.6. The molecule has 5 aliphatic rings. The predicted molar refractivity (Wildman–Crippen MR) is 136 cm³/mol. The molecule has 4 aliphatic carbocycles. The van der Waals surface area contributed by atoms with Crippen LogP contribution >= 0.6 is 31.9 Å². The minimum atomic E-state index is -0.274. The Kier molecular flexibility index (Phi) is 5.16. The van der Waals surface area contributed by atoms with E-state index in [-0.39, 0.29) is 48.1 Å². The fourth-order valence-corrected chi connectivity index (χ4v) is 7.06. The zero-order valence-corrected chi connectivity index (χ0v) is 22.0. The van der Waals surface area contributed by atoms with Gasteiger partial charge in [-0.2, -0.15) is 0 Å². The Balaban J connectivity index is 1.38. The Morgan fingerprint density at radius 3 is 2.09 bits per heavy atom. The van der Waals surface area contributed by atoms with Gasteiger partial charge in [-0.25, -0.2) is 0 Å². The predicted octanol–water partition coefficient (Wildman–Crippen LogP) is 5.49. The van der Waals surface area contributed by atoms with Crippen LogP contribution in [0.3, 0.4) is 0 Å². The molecule has 6 unspecified atom stereocenters. The third-order valence-corrected chi connectivity index (χ3v) is 9.74. The molecular formula is C27H24Br2N2O3. The molecule has 3 fully saturated rings. The summed E-state index contributed by atoms with van der Waals surface area (Å²) < 4.78 is 1.83. The molecule has 7 heteroatoms. The third-order valence-electron chi connectivity index (χ3n) is 8.36. The lowest BCUT2D eigenvalue weighted by Crippen LogP contribution is -2.45. The zero-order valence-electron chi connectivity index (χ0n) is 18.9. The summed E-state index contributed by atoms with van der Waals surface area (Å²) >= 11 is 6.98. The average Bonchev–Trinajstić information content (AvgIpc) is 3.62. The highest BCUT2D eigenvalue weighted by atomic mass is 79.9. The zero-order chi connectivity index (χ0) is 23.9. The SMILES string of the molecule is Cc1c(Br)ccc(N(CN2C(=O)C3C4C=CC(C5CC45)C3C2=O)C(=O)c2ccc(Br)cc2)c1C. The number of hydrogen-bond acceptors (Lipinski definition) is 3. The maximum atomic E-state index is 13.8. The Labute approximate surface area is 215 Å². The van der Waals surface area contributed by atoms with Gasteiger partial charge in [0.05, 0.1) is 11.8 Å². The van der Waals surface area contributed by atoms with Crippen LogP contribution in [0.25, 0.3) is 0 Å². The summed E-state index contributed by atoms with van der Waals surface area (Å²) in [6, 6.07) is 10.9. The summed E-state index contributed by atoms with van der Waals surface area (Å²) in [7, 11) is 0. The van der Waals surface area contributed by atoms with Gasteiger partial charge >= 0.3 is 0 Å². The summed E-state index contributed by atoms with van der Waals surface area (Å²) in [5, 5.41) is 0. The van der Waals surface area contributed by atoms with Gasteiger partial charge in [-0.3, -0.25) is 24.2 Å². The van der Waals surface area contributed by atoms with E-state index in [2.05, 4.69) is 44.0 Å². The minimum absolute atomic E-state index is 0.0732. The number of halogens is 2. The Morgan fingerprint density at radius 1 is 0.912 bits per heavy atom. The van der Waals surface area contributed by atoms with Gasteiger partial charge in [0.2, 0.25) is 11.8 Å². The molecule has 2 aromatic rings. The highest BCUT2D eigenvalue weighted by Crippen LogP contribution is 2.65. The first-order chi connectivity index (χ1) is 16.3. The quantitative estimate of drug-likeness (QED) is 0.353. The highest BCUT2D eigenvalue weighted by molar-refractivity contribution is 9.10. The van der Waals surface area contributed by atoms with E-state index < -0.39 is 0 Å².